The minimum absolute atomic E-state index is 0.0474. The second kappa shape index (κ2) is 5.66. The summed E-state index contributed by atoms with van der Waals surface area (Å²) in [5, 5.41) is 23.3. The van der Waals surface area contributed by atoms with Crippen molar-refractivity contribution in [2.24, 2.45) is 0 Å². The monoisotopic (exact) mass is 340 g/mol. The van der Waals surface area contributed by atoms with Gasteiger partial charge in [-0.25, -0.2) is 0 Å². The van der Waals surface area contributed by atoms with Crippen LogP contribution in [0.3, 0.4) is 0 Å². The smallest absolute Gasteiger partial charge is 0.269 e. The summed E-state index contributed by atoms with van der Waals surface area (Å²) in [4.78, 5) is 13.5. The molecule has 2 N–H and O–H groups in total. The first-order valence-electron chi connectivity index (χ1n) is 7.85. The summed E-state index contributed by atoms with van der Waals surface area (Å²) in [5.41, 5.74) is 0.272. The number of nitrogens with one attached hydrogen (secondary N) is 1. The highest BCUT2D eigenvalue weighted by Gasteiger charge is 2.50. The summed E-state index contributed by atoms with van der Waals surface area (Å²) in [6, 6.07) is 13.3. The van der Waals surface area contributed by atoms with Crippen LogP contribution in [-0.4, -0.2) is 27.6 Å². The van der Waals surface area contributed by atoms with E-state index in [4.69, 9.17) is 9.47 Å². The van der Waals surface area contributed by atoms with Crippen molar-refractivity contribution >= 4 is 16.6 Å². The van der Waals surface area contributed by atoms with E-state index in [0.29, 0.717) is 11.1 Å². The number of non-ortho nitro benzene ring substituents is 1. The number of fused-ring (bicyclic) bond motifs is 1. The minimum atomic E-state index is -1.60. The summed E-state index contributed by atoms with van der Waals surface area (Å²) in [6.07, 6.45) is 0.393. The number of aromatic nitrogens is 1. The molecule has 7 heteroatoms. The topological polar surface area (TPSA) is 97.6 Å². The quantitative estimate of drug-likeness (QED) is 0.562. The molecule has 1 saturated heterocycles. The average molecular weight is 340 g/mol. The molecule has 25 heavy (non-hydrogen) atoms. The standard InChI is InChI=1S/C18H16N2O5/c1-11-24-17(25-11)18(21,12-6-8-13(9-7-12)20(22)23)15-10-19-16-5-3-2-4-14(15)16/h2-11,17,19,21H,1H3. The fourth-order valence-electron chi connectivity index (χ4n) is 3.20. The summed E-state index contributed by atoms with van der Waals surface area (Å²) < 4.78 is 11.2. The van der Waals surface area contributed by atoms with Crippen molar-refractivity contribution in [1.29, 1.82) is 0 Å². The third kappa shape index (κ3) is 2.41. The zero-order valence-electron chi connectivity index (χ0n) is 13.4. The number of nitro groups is 1. The van der Waals surface area contributed by atoms with Crippen LogP contribution in [-0.2, 0) is 15.1 Å². The minimum Gasteiger partial charge on any atom is -0.375 e. The van der Waals surface area contributed by atoms with E-state index < -0.39 is 23.1 Å². The second-order valence-electron chi connectivity index (χ2n) is 5.99. The average Bonchev–Trinajstić information content (AvgIpc) is 3.03. The van der Waals surface area contributed by atoms with Crippen molar-refractivity contribution < 1.29 is 19.5 Å². The molecule has 1 aromatic heterocycles. The number of para-hydroxylation sites is 1. The Bertz CT molecular complexity index is 930. The second-order valence-corrected chi connectivity index (χ2v) is 5.99. The van der Waals surface area contributed by atoms with Crippen molar-refractivity contribution in [3.63, 3.8) is 0 Å². The summed E-state index contributed by atoms with van der Waals surface area (Å²) >= 11 is 0. The lowest BCUT2D eigenvalue weighted by molar-refractivity contribution is -0.416. The highest BCUT2D eigenvalue weighted by atomic mass is 16.9. The van der Waals surface area contributed by atoms with E-state index in [2.05, 4.69) is 4.98 Å². The Morgan fingerprint density at radius 1 is 1.16 bits per heavy atom. The largest absolute Gasteiger partial charge is 0.375 e. The number of benzene rings is 2. The lowest BCUT2D eigenvalue weighted by Crippen LogP contribution is -2.54. The molecule has 0 amide bonds. The first kappa shape index (κ1) is 15.8. The van der Waals surface area contributed by atoms with Crippen LogP contribution in [0.2, 0.25) is 0 Å². The molecule has 1 atom stereocenters. The molecule has 3 aromatic rings. The number of rotatable bonds is 4. The van der Waals surface area contributed by atoms with Gasteiger partial charge >= 0.3 is 0 Å². The maximum Gasteiger partial charge on any atom is 0.269 e. The van der Waals surface area contributed by atoms with E-state index in [1.165, 1.54) is 24.3 Å². The SMILES string of the molecule is CC1OC(C(O)(c2ccc([N+](=O)[O-])cc2)c2c[nH]c3ccccc23)O1. The van der Waals surface area contributed by atoms with Gasteiger partial charge in [0.05, 0.1) is 4.92 Å². The highest BCUT2D eigenvalue weighted by Crippen LogP contribution is 2.43. The predicted molar refractivity (Wildman–Crippen MR) is 89.8 cm³/mol. The molecule has 1 unspecified atom stereocenters. The number of nitrogens with zero attached hydrogens (tertiary/aromatic N) is 1. The van der Waals surface area contributed by atoms with E-state index in [1.807, 2.05) is 24.3 Å². The van der Waals surface area contributed by atoms with Gasteiger partial charge in [0.2, 0.25) is 6.29 Å². The van der Waals surface area contributed by atoms with Crippen molar-refractivity contribution in [3.8, 4) is 0 Å². The maximum absolute atomic E-state index is 11.6. The number of hydrogen-bond donors (Lipinski definition) is 2. The van der Waals surface area contributed by atoms with Gasteiger partial charge in [-0.05, 0) is 30.7 Å². The van der Waals surface area contributed by atoms with E-state index >= 15 is 0 Å². The van der Waals surface area contributed by atoms with Crippen LogP contribution >= 0.6 is 0 Å². The van der Waals surface area contributed by atoms with Crippen molar-refractivity contribution in [3.05, 3.63) is 76.0 Å². The molecule has 2 aromatic carbocycles. The zero-order chi connectivity index (χ0) is 17.6. The van der Waals surface area contributed by atoms with Gasteiger partial charge in [0, 0.05) is 34.8 Å². The third-order valence-electron chi connectivity index (χ3n) is 4.49. The number of hydrogen-bond acceptors (Lipinski definition) is 5. The van der Waals surface area contributed by atoms with Crippen LogP contribution in [0.4, 0.5) is 5.69 Å². The zero-order valence-corrected chi connectivity index (χ0v) is 13.4. The van der Waals surface area contributed by atoms with Crippen molar-refractivity contribution in [2.75, 3.05) is 0 Å². The molecular formula is C18H16N2O5. The molecule has 0 saturated carbocycles. The molecule has 4 rings (SSSR count). The van der Waals surface area contributed by atoms with E-state index in [1.54, 1.807) is 13.1 Å². The Morgan fingerprint density at radius 2 is 1.84 bits per heavy atom. The highest BCUT2D eigenvalue weighted by molar-refractivity contribution is 5.84. The molecule has 1 aliphatic heterocycles. The number of aliphatic hydroxyl groups is 1. The maximum atomic E-state index is 11.6. The van der Waals surface area contributed by atoms with Crippen LogP contribution in [0.1, 0.15) is 18.1 Å². The summed E-state index contributed by atoms with van der Waals surface area (Å²) in [7, 11) is 0. The number of nitro benzene ring substituents is 1. The van der Waals surface area contributed by atoms with E-state index in [-0.39, 0.29) is 5.69 Å². The molecular weight excluding hydrogens is 324 g/mol. The summed E-state index contributed by atoms with van der Waals surface area (Å²) in [5.74, 6) is 0. The molecule has 128 valence electrons. The van der Waals surface area contributed by atoms with Gasteiger partial charge in [0.25, 0.3) is 5.69 Å². The van der Waals surface area contributed by atoms with Gasteiger partial charge < -0.3 is 19.6 Å². The van der Waals surface area contributed by atoms with Gasteiger partial charge in [-0.3, -0.25) is 10.1 Å². The van der Waals surface area contributed by atoms with Gasteiger partial charge in [-0.15, -0.1) is 0 Å². The first-order chi connectivity index (χ1) is 12.0. The van der Waals surface area contributed by atoms with Crippen LogP contribution in [0.25, 0.3) is 10.9 Å². The van der Waals surface area contributed by atoms with Crippen LogP contribution in [0.5, 0.6) is 0 Å². The lowest BCUT2D eigenvalue weighted by atomic mass is 9.84. The lowest BCUT2D eigenvalue weighted by Gasteiger charge is -2.44. The fourth-order valence-corrected chi connectivity index (χ4v) is 3.20. The van der Waals surface area contributed by atoms with Crippen molar-refractivity contribution in [2.45, 2.75) is 25.1 Å². The molecule has 1 aliphatic rings. The normalized spacial score (nSPS) is 22.3. The Kier molecular flexibility index (Phi) is 3.57. The number of H-pyrrole nitrogens is 1. The predicted octanol–water partition coefficient (Wildman–Crippen LogP) is 3.03. The first-order valence-corrected chi connectivity index (χ1v) is 7.85. The molecule has 0 spiro atoms. The fraction of sp³-hybridized carbons (Fsp3) is 0.222. The van der Waals surface area contributed by atoms with Crippen LogP contribution in [0.15, 0.2) is 54.7 Å². The number of ether oxygens (including phenoxy) is 2. The van der Waals surface area contributed by atoms with Gasteiger partial charge in [-0.1, -0.05) is 18.2 Å². The molecule has 2 heterocycles. The van der Waals surface area contributed by atoms with Gasteiger partial charge in [0.15, 0.2) is 11.9 Å². The number of aromatic amines is 1. The van der Waals surface area contributed by atoms with E-state index in [0.717, 1.165) is 10.9 Å². The Hall–Kier alpha value is -2.74. The Balaban J connectivity index is 1.86. The van der Waals surface area contributed by atoms with Gasteiger partial charge in [0.1, 0.15) is 0 Å². The van der Waals surface area contributed by atoms with Crippen LogP contribution < -0.4 is 0 Å². The van der Waals surface area contributed by atoms with Crippen LogP contribution in [0, 0.1) is 10.1 Å². The summed E-state index contributed by atoms with van der Waals surface area (Å²) in [6.45, 7) is 1.74. The Morgan fingerprint density at radius 3 is 2.48 bits per heavy atom. The molecule has 0 bridgehead atoms. The molecule has 0 radical (unpaired) electrons. The molecule has 7 nitrogen and oxygen atoms in total. The van der Waals surface area contributed by atoms with E-state index in [9.17, 15) is 15.2 Å². The molecule has 1 fully saturated rings. The van der Waals surface area contributed by atoms with Crippen molar-refractivity contribution in [1.82, 2.24) is 4.98 Å². The van der Waals surface area contributed by atoms with Gasteiger partial charge in [-0.2, -0.15) is 0 Å². The Labute approximate surface area is 143 Å². The third-order valence-corrected chi connectivity index (χ3v) is 4.49. The molecule has 0 aliphatic carbocycles.